The Morgan fingerprint density at radius 3 is 3.15 bits per heavy atom. The van der Waals surface area contributed by atoms with E-state index in [1.807, 2.05) is 11.3 Å². The summed E-state index contributed by atoms with van der Waals surface area (Å²) in [6, 6.07) is 4.86. The van der Waals surface area contributed by atoms with Crippen molar-refractivity contribution >= 4 is 11.3 Å². The van der Waals surface area contributed by atoms with Crippen LogP contribution in [0.5, 0.6) is 0 Å². The highest BCUT2D eigenvalue weighted by atomic mass is 32.1. The van der Waals surface area contributed by atoms with Crippen LogP contribution in [0, 0.1) is 0 Å². The van der Waals surface area contributed by atoms with Gasteiger partial charge in [-0.1, -0.05) is 19.9 Å². The quantitative estimate of drug-likeness (QED) is 0.920. The predicted molar refractivity (Wildman–Crippen MR) is 82.2 cm³/mol. The standard InChI is InChI=1S/C15H22N4S/c1-11(2)15-17-14-6-5-12(10-19(14)18-15)16-8-7-13-4-3-9-20-13/h3-4,9,11-12,16H,5-8,10H2,1-2H3/t12-/m1/s1. The number of nitrogens with one attached hydrogen (secondary N) is 1. The van der Waals surface area contributed by atoms with Gasteiger partial charge in [0.25, 0.3) is 0 Å². The minimum atomic E-state index is 0.415. The normalized spacial score (nSPS) is 18.4. The maximum atomic E-state index is 4.63. The molecule has 0 unspecified atom stereocenters. The summed E-state index contributed by atoms with van der Waals surface area (Å²) < 4.78 is 2.10. The smallest absolute Gasteiger partial charge is 0.153 e. The third-order valence-corrected chi connectivity index (χ3v) is 4.71. The van der Waals surface area contributed by atoms with E-state index >= 15 is 0 Å². The van der Waals surface area contributed by atoms with Crippen LogP contribution in [0.1, 0.15) is 42.7 Å². The van der Waals surface area contributed by atoms with Gasteiger partial charge in [-0.25, -0.2) is 9.67 Å². The van der Waals surface area contributed by atoms with Crippen LogP contribution >= 0.6 is 11.3 Å². The Labute approximate surface area is 124 Å². The molecule has 1 aliphatic rings. The molecule has 0 aliphatic carbocycles. The van der Waals surface area contributed by atoms with Crippen LogP contribution in [0.4, 0.5) is 0 Å². The Hall–Kier alpha value is -1.20. The molecule has 1 atom stereocenters. The van der Waals surface area contributed by atoms with Crippen molar-refractivity contribution in [2.75, 3.05) is 6.54 Å². The van der Waals surface area contributed by atoms with Crippen molar-refractivity contribution in [3.8, 4) is 0 Å². The molecule has 2 aromatic heterocycles. The van der Waals surface area contributed by atoms with Crippen LogP contribution in [0.15, 0.2) is 17.5 Å². The fraction of sp³-hybridized carbons (Fsp3) is 0.600. The molecule has 0 aromatic carbocycles. The molecule has 0 bridgehead atoms. The van der Waals surface area contributed by atoms with Crippen LogP contribution < -0.4 is 5.32 Å². The zero-order valence-corrected chi connectivity index (χ0v) is 13.0. The lowest BCUT2D eigenvalue weighted by molar-refractivity contribution is 0.360. The summed E-state index contributed by atoms with van der Waals surface area (Å²) in [6.07, 6.45) is 3.33. The van der Waals surface area contributed by atoms with Crippen molar-refractivity contribution in [2.24, 2.45) is 0 Å². The zero-order valence-electron chi connectivity index (χ0n) is 12.2. The molecule has 0 amide bonds. The number of thiophene rings is 1. The van der Waals surface area contributed by atoms with Crippen molar-refractivity contribution in [1.29, 1.82) is 0 Å². The fourth-order valence-corrected chi connectivity index (χ4v) is 3.30. The molecule has 0 saturated carbocycles. The van der Waals surface area contributed by atoms with Gasteiger partial charge in [-0.3, -0.25) is 0 Å². The Balaban J connectivity index is 1.53. The molecule has 5 heteroatoms. The van der Waals surface area contributed by atoms with Gasteiger partial charge in [-0.15, -0.1) is 11.3 Å². The number of nitrogens with zero attached hydrogens (tertiary/aromatic N) is 3. The van der Waals surface area contributed by atoms with Gasteiger partial charge in [0, 0.05) is 29.8 Å². The van der Waals surface area contributed by atoms with Gasteiger partial charge in [0.05, 0.1) is 6.54 Å². The summed E-state index contributed by atoms with van der Waals surface area (Å²) in [5, 5.41) is 10.4. The van der Waals surface area contributed by atoms with Gasteiger partial charge in [-0.2, -0.15) is 5.10 Å². The van der Waals surface area contributed by atoms with Crippen LogP contribution in [0.25, 0.3) is 0 Å². The molecule has 0 fully saturated rings. The lowest BCUT2D eigenvalue weighted by Crippen LogP contribution is -2.38. The van der Waals surface area contributed by atoms with Gasteiger partial charge < -0.3 is 5.32 Å². The number of hydrogen-bond acceptors (Lipinski definition) is 4. The summed E-state index contributed by atoms with van der Waals surface area (Å²) in [4.78, 5) is 6.09. The summed E-state index contributed by atoms with van der Waals surface area (Å²) >= 11 is 1.84. The van der Waals surface area contributed by atoms with E-state index in [-0.39, 0.29) is 0 Å². The minimum absolute atomic E-state index is 0.415. The van der Waals surface area contributed by atoms with Gasteiger partial charge in [-0.05, 0) is 24.3 Å². The van der Waals surface area contributed by atoms with Crippen molar-refractivity contribution in [1.82, 2.24) is 20.1 Å². The Bertz CT molecular complexity index is 544. The second-order valence-corrected chi connectivity index (χ2v) is 6.77. The average Bonchev–Trinajstić information content (AvgIpc) is 3.06. The van der Waals surface area contributed by atoms with Crippen LogP contribution in [0.2, 0.25) is 0 Å². The Kier molecular flexibility index (Phi) is 4.17. The van der Waals surface area contributed by atoms with Gasteiger partial charge in [0.2, 0.25) is 0 Å². The maximum Gasteiger partial charge on any atom is 0.153 e. The van der Waals surface area contributed by atoms with E-state index in [2.05, 4.69) is 51.4 Å². The molecule has 4 nitrogen and oxygen atoms in total. The fourth-order valence-electron chi connectivity index (χ4n) is 2.59. The zero-order chi connectivity index (χ0) is 13.9. The predicted octanol–water partition coefficient (Wildman–Crippen LogP) is 2.61. The Morgan fingerprint density at radius 2 is 2.40 bits per heavy atom. The SMILES string of the molecule is CC(C)c1nc2n(n1)C[C@H](NCCc1cccs1)CC2. The number of aryl methyl sites for hydroxylation is 1. The second kappa shape index (κ2) is 6.06. The molecule has 1 N–H and O–H groups in total. The van der Waals surface area contributed by atoms with Crippen molar-refractivity contribution in [2.45, 2.75) is 51.6 Å². The highest BCUT2D eigenvalue weighted by Crippen LogP contribution is 2.17. The second-order valence-electron chi connectivity index (χ2n) is 5.74. The third-order valence-electron chi connectivity index (χ3n) is 3.78. The lowest BCUT2D eigenvalue weighted by atomic mass is 10.1. The molecule has 3 rings (SSSR count). The lowest BCUT2D eigenvalue weighted by Gasteiger charge is -2.23. The number of rotatable bonds is 5. The van der Waals surface area contributed by atoms with E-state index in [1.165, 1.54) is 11.3 Å². The van der Waals surface area contributed by atoms with Crippen molar-refractivity contribution < 1.29 is 0 Å². The summed E-state index contributed by atoms with van der Waals surface area (Å²) in [7, 11) is 0. The molecule has 3 heterocycles. The van der Waals surface area contributed by atoms with E-state index in [0.29, 0.717) is 12.0 Å². The molecule has 20 heavy (non-hydrogen) atoms. The first-order chi connectivity index (χ1) is 9.72. The Morgan fingerprint density at radius 1 is 1.50 bits per heavy atom. The van der Waals surface area contributed by atoms with Crippen LogP contribution in [-0.2, 0) is 19.4 Å². The average molecular weight is 290 g/mol. The van der Waals surface area contributed by atoms with Crippen LogP contribution in [0.3, 0.4) is 0 Å². The third kappa shape index (κ3) is 3.10. The molecule has 1 aliphatic heterocycles. The molecule has 0 spiro atoms. The van der Waals surface area contributed by atoms with Gasteiger partial charge >= 0.3 is 0 Å². The first kappa shape index (κ1) is 13.8. The molecule has 0 radical (unpaired) electrons. The highest BCUT2D eigenvalue weighted by molar-refractivity contribution is 7.09. The van der Waals surface area contributed by atoms with Crippen LogP contribution in [-0.4, -0.2) is 27.4 Å². The summed E-state index contributed by atoms with van der Waals surface area (Å²) in [5.74, 6) is 2.56. The number of aromatic nitrogens is 3. The topological polar surface area (TPSA) is 42.7 Å². The van der Waals surface area contributed by atoms with E-state index in [1.54, 1.807) is 0 Å². The largest absolute Gasteiger partial charge is 0.312 e. The minimum Gasteiger partial charge on any atom is -0.312 e. The maximum absolute atomic E-state index is 4.63. The molecular formula is C15H22N4S. The van der Waals surface area contributed by atoms with E-state index < -0.39 is 0 Å². The van der Waals surface area contributed by atoms with E-state index in [9.17, 15) is 0 Å². The summed E-state index contributed by atoms with van der Waals surface area (Å²) in [6.45, 7) is 6.31. The molecule has 2 aromatic rings. The van der Waals surface area contributed by atoms with Gasteiger partial charge in [0.15, 0.2) is 5.82 Å². The monoisotopic (exact) mass is 290 g/mol. The molecule has 0 saturated heterocycles. The summed E-state index contributed by atoms with van der Waals surface area (Å²) in [5.41, 5.74) is 0. The molecular weight excluding hydrogens is 268 g/mol. The van der Waals surface area contributed by atoms with Crippen molar-refractivity contribution in [3.63, 3.8) is 0 Å². The molecule has 108 valence electrons. The van der Waals surface area contributed by atoms with Crippen molar-refractivity contribution in [3.05, 3.63) is 34.0 Å². The van der Waals surface area contributed by atoms with Gasteiger partial charge in [0.1, 0.15) is 5.82 Å². The number of fused-ring (bicyclic) bond motifs is 1. The highest BCUT2D eigenvalue weighted by Gasteiger charge is 2.21. The first-order valence-corrected chi connectivity index (χ1v) is 8.29. The first-order valence-electron chi connectivity index (χ1n) is 7.42. The van der Waals surface area contributed by atoms with E-state index in [0.717, 1.165) is 37.6 Å². The van der Waals surface area contributed by atoms with E-state index in [4.69, 9.17) is 0 Å². The number of hydrogen-bond donors (Lipinski definition) is 1.